The molecule has 0 aromatic carbocycles. The minimum Gasteiger partial charge on any atom is -0.378 e. The predicted octanol–water partition coefficient (Wildman–Crippen LogP) is 5.47. The van der Waals surface area contributed by atoms with Crippen LogP contribution in [0.1, 0.15) is 77.6 Å². The largest absolute Gasteiger partial charge is 0.378 e. The number of hydrogen-bond donors (Lipinski definition) is 1. The second kappa shape index (κ2) is 7.76. The van der Waals surface area contributed by atoms with Crippen LogP contribution in [0.15, 0.2) is 24.5 Å². The van der Waals surface area contributed by atoms with Gasteiger partial charge in [0.1, 0.15) is 5.60 Å². The third-order valence-corrected chi connectivity index (χ3v) is 10.5. The van der Waals surface area contributed by atoms with Crippen molar-refractivity contribution < 1.29 is 9.90 Å². The van der Waals surface area contributed by atoms with Gasteiger partial charge in [-0.3, -0.25) is 4.79 Å². The Balaban J connectivity index is 1.15. The number of fused-ring (bicyclic) bond motifs is 5. The molecule has 172 valence electrons. The molecule has 5 aliphatic rings. The predicted molar refractivity (Wildman–Crippen MR) is 125 cm³/mol. The van der Waals surface area contributed by atoms with Crippen LogP contribution in [0.3, 0.4) is 0 Å². The molecule has 32 heavy (non-hydrogen) atoms. The summed E-state index contributed by atoms with van der Waals surface area (Å²) >= 11 is 0. The molecule has 5 aliphatic carbocycles. The Morgan fingerprint density at radius 2 is 1.75 bits per heavy atom. The van der Waals surface area contributed by atoms with Crippen molar-refractivity contribution >= 4 is 5.78 Å². The van der Waals surface area contributed by atoms with E-state index >= 15 is 0 Å². The average Bonchev–Trinajstić information content (AvgIpc) is 3.34. The fourth-order valence-corrected chi connectivity index (χ4v) is 8.75. The van der Waals surface area contributed by atoms with E-state index in [0.29, 0.717) is 24.2 Å². The summed E-state index contributed by atoms with van der Waals surface area (Å²) in [5.41, 5.74) is -0.521. The van der Waals surface area contributed by atoms with E-state index in [4.69, 9.17) is 0 Å². The normalized spacial score (nSPS) is 45.2. The lowest BCUT2D eigenvalue weighted by molar-refractivity contribution is -0.132. The van der Waals surface area contributed by atoms with Gasteiger partial charge in [-0.1, -0.05) is 18.8 Å². The molecule has 3 heteroatoms. The lowest BCUT2D eigenvalue weighted by atomic mass is 9.49. The Labute approximate surface area is 193 Å². The molecule has 0 saturated heterocycles. The number of carbonyl (C=O) groups excluding carboxylic acids is 1. The van der Waals surface area contributed by atoms with Crippen LogP contribution in [-0.2, 0) is 11.3 Å². The fraction of sp³-hybridized carbons (Fsp3) is 0.759. The maximum Gasteiger partial charge on any atom is 0.156 e. The molecule has 0 spiro atoms. The number of hydrogen-bond acceptors (Lipinski definition) is 2. The zero-order valence-corrected chi connectivity index (χ0v) is 19.6. The first-order valence-electron chi connectivity index (χ1n) is 13.3. The van der Waals surface area contributed by atoms with Crippen molar-refractivity contribution in [2.24, 2.45) is 46.8 Å². The molecule has 0 radical (unpaired) electrons. The maximum atomic E-state index is 13.3. The molecule has 0 amide bonds. The van der Waals surface area contributed by atoms with Crippen molar-refractivity contribution in [3.8, 4) is 11.8 Å². The number of Topliss-reactive ketones (excluding diaryl/α,β-unsaturated/α-hetero) is 1. The van der Waals surface area contributed by atoms with E-state index in [9.17, 15) is 9.90 Å². The van der Waals surface area contributed by atoms with Crippen LogP contribution < -0.4 is 0 Å². The van der Waals surface area contributed by atoms with Gasteiger partial charge in [0, 0.05) is 24.2 Å². The van der Waals surface area contributed by atoms with Crippen molar-refractivity contribution in [1.82, 2.24) is 4.57 Å². The van der Waals surface area contributed by atoms with Crippen molar-refractivity contribution in [3.63, 3.8) is 0 Å². The highest BCUT2D eigenvalue weighted by Gasteiger charge is 2.58. The smallest absolute Gasteiger partial charge is 0.156 e. The highest BCUT2D eigenvalue weighted by Crippen LogP contribution is 2.64. The number of ketones is 1. The zero-order valence-electron chi connectivity index (χ0n) is 19.6. The summed E-state index contributed by atoms with van der Waals surface area (Å²) in [6.45, 7) is 3.00. The lowest BCUT2D eigenvalue weighted by Crippen LogP contribution is -2.51. The van der Waals surface area contributed by atoms with E-state index in [1.54, 1.807) is 0 Å². The third-order valence-electron chi connectivity index (χ3n) is 10.5. The quantitative estimate of drug-likeness (QED) is 0.642. The van der Waals surface area contributed by atoms with E-state index in [1.807, 2.05) is 29.1 Å². The Kier molecular flexibility index (Phi) is 5.10. The molecule has 1 aromatic rings. The van der Waals surface area contributed by atoms with Gasteiger partial charge in [-0.25, -0.2) is 0 Å². The Morgan fingerprint density at radius 1 is 0.969 bits per heavy atom. The van der Waals surface area contributed by atoms with Gasteiger partial charge in [0.25, 0.3) is 0 Å². The molecule has 1 heterocycles. The molecule has 1 aromatic heterocycles. The number of rotatable bonds is 3. The Hall–Kier alpha value is -1.53. The van der Waals surface area contributed by atoms with Crippen LogP contribution in [0.25, 0.3) is 0 Å². The number of carbonyl (C=O) groups is 1. The van der Waals surface area contributed by atoms with Crippen LogP contribution in [0.2, 0.25) is 0 Å². The highest BCUT2D eigenvalue weighted by molar-refractivity contribution is 5.82. The molecular weight excluding hydrogens is 394 g/mol. The van der Waals surface area contributed by atoms with E-state index < -0.39 is 5.60 Å². The van der Waals surface area contributed by atoms with E-state index in [1.165, 1.54) is 44.9 Å². The SMILES string of the molecule is C[C@]12CC[C@H]3[C@@H](CC[C@H]4C[C@@](O)(C#CC5CC5)CC[C@@H]43)[C@@H]1CC[C@@H]2C(=O)Cn1cccc1. The summed E-state index contributed by atoms with van der Waals surface area (Å²) in [6.07, 6.45) is 16.8. The third kappa shape index (κ3) is 3.58. The summed E-state index contributed by atoms with van der Waals surface area (Å²) in [6, 6.07) is 4.03. The second-order valence-electron chi connectivity index (χ2n) is 12.2. The molecule has 8 atom stereocenters. The van der Waals surface area contributed by atoms with Crippen molar-refractivity contribution in [2.45, 2.75) is 89.7 Å². The van der Waals surface area contributed by atoms with E-state index in [0.717, 1.165) is 49.4 Å². The summed E-state index contributed by atoms with van der Waals surface area (Å²) in [5, 5.41) is 11.2. The van der Waals surface area contributed by atoms with Gasteiger partial charge in [-0.05, 0) is 118 Å². The number of aliphatic hydroxyl groups is 1. The fourth-order valence-electron chi connectivity index (χ4n) is 8.75. The van der Waals surface area contributed by atoms with Gasteiger partial charge in [-0.15, -0.1) is 0 Å². The number of nitrogens with zero attached hydrogens (tertiary/aromatic N) is 1. The van der Waals surface area contributed by atoms with Crippen LogP contribution in [-0.4, -0.2) is 21.1 Å². The zero-order chi connectivity index (χ0) is 21.9. The van der Waals surface area contributed by atoms with Crippen LogP contribution >= 0.6 is 0 Å². The second-order valence-corrected chi connectivity index (χ2v) is 12.2. The Bertz CT molecular complexity index is 921. The molecule has 1 N–H and O–H groups in total. The van der Waals surface area contributed by atoms with Crippen LogP contribution in [0.4, 0.5) is 0 Å². The first-order chi connectivity index (χ1) is 15.5. The summed E-state index contributed by atoms with van der Waals surface area (Å²) in [5.74, 6) is 11.7. The molecule has 5 saturated carbocycles. The van der Waals surface area contributed by atoms with Crippen molar-refractivity contribution in [3.05, 3.63) is 24.5 Å². The summed E-state index contributed by atoms with van der Waals surface area (Å²) < 4.78 is 2.05. The van der Waals surface area contributed by atoms with E-state index in [-0.39, 0.29) is 11.3 Å². The summed E-state index contributed by atoms with van der Waals surface area (Å²) in [4.78, 5) is 13.3. The minimum atomic E-state index is -0.719. The monoisotopic (exact) mass is 433 g/mol. The van der Waals surface area contributed by atoms with Gasteiger partial charge in [-0.2, -0.15) is 0 Å². The molecule has 0 unspecified atom stereocenters. The summed E-state index contributed by atoms with van der Waals surface area (Å²) in [7, 11) is 0. The van der Waals surface area contributed by atoms with Gasteiger partial charge >= 0.3 is 0 Å². The standard InChI is InChI=1S/C29H39NO2/c1-28-13-11-23-22-12-15-29(32,14-10-20-4-5-20)18-21(22)6-7-24(23)25(28)8-9-26(28)27(31)19-30-16-2-3-17-30/h2-3,16-17,20-26,32H,4-9,11-13,15,18-19H2,1H3/t21-,22-,23+,24+,25-,26+,28-,29+/m0/s1. The molecule has 0 bridgehead atoms. The highest BCUT2D eigenvalue weighted by atomic mass is 16.3. The first kappa shape index (κ1) is 21.0. The van der Waals surface area contributed by atoms with Crippen molar-refractivity contribution in [2.75, 3.05) is 0 Å². The molecular formula is C29H39NO2. The topological polar surface area (TPSA) is 42.2 Å². The maximum absolute atomic E-state index is 13.3. The molecule has 3 nitrogen and oxygen atoms in total. The lowest BCUT2D eigenvalue weighted by Gasteiger charge is -2.56. The molecule has 5 fully saturated rings. The van der Waals surface area contributed by atoms with Crippen LogP contribution in [0.5, 0.6) is 0 Å². The average molecular weight is 434 g/mol. The van der Waals surface area contributed by atoms with Gasteiger partial charge in [0.15, 0.2) is 5.78 Å². The number of aromatic nitrogens is 1. The van der Waals surface area contributed by atoms with E-state index in [2.05, 4.69) is 18.8 Å². The molecule has 0 aliphatic heterocycles. The first-order valence-corrected chi connectivity index (χ1v) is 13.3. The van der Waals surface area contributed by atoms with Gasteiger partial charge in [0.2, 0.25) is 0 Å². The van der Waals surface area contributed by atoms with Gasteiger partial charge in [0.05, 0.1) is 6.54 Å². The Morgan fingerprint density at radius 3 is 2.53 bits per heavy atom. The van der Waals surface area contributed by atoms with Crippen LogP contribution in [0, 0.1) is 58.7 Å². The minimum absolute atomic E-state index is 0.198. The van der Waals surface area contributed by atoms with Crippen molar-refractivity contribution in [1.29, 1.82) is 0 Å². The van der Waals surface area contributed by atoms with Gasteiger partial charge < -0.3 is 9.67 Å². The molecule has 6 rings (SSSR count).